The first-order valence-corrected chi connectivity index (χ1v) is 5.39. The summed E-state index contributed by atoms with van der Waals surface area (Å²) in [4.78, 5) is 0. The highest BCUT2D eigenvalue weighted by Gasteiger charge is 1.99. The smallest absolute Gasteiger partial charge is 0.0727 e. The fourth-order valence-corrected chi connectivity index (χ4v) is 1.78. The molecule has 0 saturated carbocycles. The molecular weight excluding hydrogens is 216 g/mol. The highest BCUT2D eigenvalue weighted by Crippen LogP contribution is 2.03. The fraction of sp³-hybridized carbons (Fsp3) is 1.00. The maximum atomic E-state index is 9.05. The van der Waals surface area contributed by atoms with Crippen LogP contribution in [0.4, 0.5) is 0 Å². The van der Waals surface area contributed by atoms with Crippen LogP contribution in [0, 0.1) is 0 Å². The molecule has 2 nitrogen and oxygen atoms in total. The van der Waals surface area contributed by atoms with E-state index in [0.717, 1.165) is 18.1 Å². The molecule has 0 aliphatic heterocycles. The maximum Gasteiger partial charge on any atom is 0.0727 e. The lowest BCUT2D eigenvalue weighted by atomic mass is 10.5. The second-order valence-electron chi connectivity index (χ2n) is 1.88. The number of hydrogen-bond donors (Lipinski definition) is 1. The van der Waals surface area contributed by atoms with Gasteiger partial charge in [0.25, 0.3) is 0 Å². The topological polar surface area (TPSA) is 29.5 Å². The van der Waals surface area contributed by atoms with Crippen LogP contribution in [0.25, 0.3) is 0 Å². The number of thioether (sulfide) groups is 1. The molecule has 1 atom stereocenters. The summed E-state index contributed by atoms with van der Waals surface area (Å²) in [5.74, 6) is 1.75. The van der Waals surface area contributed by atoms with Crippen LogP contribution in [-0.4, -0.2) is 41.8 Å². The van der Waals surface area contributed by atoms with E-state index in [4.69, 9.17) is 9.84 Å². The number of methoxy groups -OCH3 is 1. The van der Waals surface area contributed by atoms with Crippen LogP contribution in [0.15, 0.2) is 0 Å². The Kier molecular flexibility index (Phi) is 8.44. The normalized spacial score (nSPS) is 13.5. The third kappa shape index (κ3) is 6.86. The zero-order chi connectivity index (χ0) is 7.82. The summed E-state index contributed by atoms with van der Waals surface area (Å²) in [6.45, 7) is 0.764. The fourth-order valence-electron chi connectivity index (χ4n) is 0.406. The maximum absolute atomic E-state index is 9.05. The second-order valence-corrected chi connectivity index (χ2v) is 3.67. The summed E-state index contributed by atoms with van der Waals surface area (Å²) in [5, 5.41) is 9.71. The van der Waals surface area contributed by atoms with E-state index >= 15 is 0 Å². The van der Waals surface area contributed by atoms with Crippen LogP contribution in [0.1, 0.15) is 0 Å². The van der Waals surface area contributed by atoms with Crippen LogP contribution < -0.4 is 0 Å². The molecule has 0 aromatic heterocycles. The van der Waals surface area contributed by atoms with Gasteiger partial charge in [-0.25, -0.2) is 0 Å². The number of aliphatic hydroxyl groups is 1. The van der Waals surface area contributed by atoms with Gasteiger partial charge < -0.3 is 9.84 Å². The number of halogens is 1. The Morgan fingerprint density at radius 2 is 2.40 bits per heavy atom. The molecule has 0 saturated heterocycles. The number of hydrogen-bond acceptors (Lipinski definition) is 3. The standard InChI is InChI=1S/C6H13BrO2S/c1-9-2-3-10-5-6(8)4-7/h6,8H,2-5H2,1H3. The summed E-state index contributed by atoms with van der Waals surface area (Å²) in [7, 11) is 1.68. The van der Waals surface area contributed by atoms with Gasteiger partial charge in [-0.1, -0.05) is 15.9 Å². The molecule has 0 aromatic carbocycles. The number of aliphatic hydroxyl groups excluding tert-OH is 1. The van der Waals surface area contributed by atoms with Crippen molar-refractivity contribution in [3.63, 3.8) is 0 Å². The van der Waals surface area contributed by atoms with Gasteiger partial charge in [0, 0.05) is 23.9 Å². The number of alkyl halides is 1. The van der Waals surface area contributed by atoms with E-state index in [2.05, 4.69) is 15.9 Å². The Morgan fingerprint density at radius 3 is 2.90 bits per heavy atom. The first kappa shape index (κ1) is 10.8. The predicted molar refractivity (Wildman–Crippen MR) is 49.0 cm³/mol. The van der Waals surface area contributed by atoms with Gasteiger partial charge in [-0.2, -0.15) is 11.8 Å². The molecule has 0 amide bonds. The first-order chi connectivity index (χ1) is 4.81. The van der Waals surface area contributed by atoms with E-state index in [1.54, 1.807) is 18.9 Å². The zero-order valence-electron chi connectivity index (χ0n) is 6.05. The van der Waals surface area contributed by atoms with Gasteiger partial charge in [0.15, 0.2) is 0 Å². The van der Waals surface area contributed by atoms with Crippen molar-refractivity contribution < 1.29 is 9.84 Å². The minimum absolute atomic E-state index is 0.221. The average molecular weight is 229 g/mol. The third-order valence-electron chi connectivity index (χ3n) is 0.920. The van der Waals surface area contributed by atoms with Gasteiger partial charge >= 0.3 is 0 Å². The number of rotatable bonds is 6. The lowest BCUT2D eigenvalue weighted by Crippen LogP contribution is -2.11. The van der Waals surface area contributed by atoms with E-state index in [-0.39, 0.29) is 6.10 Å². The van der Waals surface area contributed by atoms with Crippen molar-refractivity contribution in [2.24, 2.45) is 0 Å². The largest absolute Gasteiger partial charge is 0.391 e. The Bertz CT molecular complexity index is 72.8. The molecule has 1 unspecified atom stereocenters. The summed E-state index contributed by atoms with van der Waals surface area (Å²) >= 11 is 4.89. The monoisotopic (exact) mass is 228 g/mol. The molecule has 10 heavy (non-hydrogen) atoms. The van der Waals surface area contributed by atoms with Gasteiger partial charge in [-0.15, -0.1) is 0 Å². The number of ether oxygens (including phenoxy) is 1. The minimum atomic E-state index is -0.221. The highest BCUT2D eigenvalue weighted by atomic mass is 79.9. The Labute approximate surface area is 74.5 Å². The molecular formula is C6H13BrO2S. The van der Waals surface area contributed by atoms with Crippen molar-refractivity contribution in [3.05, 3.63) is 0 Å². The summed E-state index contributed by atoms with van der Waals surface area (Å²) in [6, 6.07) is 0. The molecule has 0 aliphatic carbocycles. The molecule has 0 fully saturated rings. The zero-order valence-corrected chi connectivity index (χ0v) is 8.45. The van der Waals surface area contributed by atoms with Crippen LogP contribution in [-0.2, 0) is 4.74 Å². The van der Waals surface area contributed by atoms with Crippen molar-refractivity contribution in [2.45, 2.75) is 6.10 Å². The van der Waals surface area contributed by atoms with E-state index in [0.29, 0.717) is 5.33 Å². The van der Waals surface area contributed by atoms with E-state index < -0.39 is 0 Å². The summed E-state index contributed by atoms with van der Waals surface area (Å²) < 4.78 is 4.84. The van der Waals surface area contributed by atoms with Crippen molar-refractivity contribution >= 4 is 27.7 Å². The molecule has 1 N–H and O–H groups in total. The van der Waals surface area contributed by atoms with Crippen LogP contribution >= 0.6 is 27.7 Å². The van der Waals surface area contributed by atoms with Gasteiger partial charge in [-0.3, -0.25) is 0 Å². The van der Waals surface area contributed by atoms with Crippen molar-refractivity contribution in [1.82, 2.24) is 0 Å². The Morgan fingerprint density at radius 1 is 1.70 bits per heavy atom. The van der Waals surface area contributed by atoms with Crippen LogP contribution in [0.2, 0.25) is 0 Å². The van der Waals surface area contributed by atoms with Crippen molar-refractivity contribution in [3.8, 4) is 0 Å². The molecule has 0 bridgehead atoms. The second kappa shape index (κ2) is 7.85. The van der Waals surface area contributed by atoms with E-state index in [1.165, 1.54) is 0 Å². The molecule has 0 rings (SSSR count). The molecule has 0 aliphatic rings. The third-order valence-corrected chi connectivity index (χ3v) is 2.74. The Balaban J connectivity index is 2.89. The predicted octanol–water partition coefficient (Wildman–Crippen LogP) is 1.12. The van der Waals surface area contributed by atoms with Gasteiger partial charge in [0.05, 0.1) is 12.7 Å². The molecule has 0 heterocycles. The Hall–Kier alpha value is 0.750. The molecule has 4 heteroatoms. The van der Waals surface area contributed by atoms with Gasteiger partial charge in [-0.05, 0) is 0 Å². The molecule has 0 radical (unpaired) electrons. The van der Waals surface area contributed by atoms with E-state index in [9.17, 15) is 0 Å². The quantitative estimate of drug-likeness (QED) is 0.546. The van der Waals surface area contributed by atoms with E-state index in [1.807, 2.05) is 0 Å². The summed E-state index contributed by atoms with van der Waals surface area (Å²) in [5.41, 5.74) is 0. The van der Waals surface area contributed by atoms with Crippen molar-refractivity contribution in [1.29, 1.82) is 0 Å². The average Bonchev–Trinajstić information content (AvgIpc) is 1.98. The van der Waals surface area contributed by atoms with Crippen LogP contribution in [0.3, 0.4) is 0 Å². The lowest BCUT2D eigenvalue weighted by Gasteiger charge is -2.04. The lowest BCUT2D eigenvalue weighted by molar-refractivity contribution is 0.217. The minimum Gasteiger partial charge on any atom is -0.391 e. The molecule has 0 spiro atoms. The molecule has 0 aromatic rings. The van der Waals surface area contributed by atoms with Gasteiger partial charge in [0.1, 0.15) is 0 Å². The first-order valence-electron chi connectivity index (χ1n) is 3.12. The summed E-state index contributed by atoms with van der Waals surface area (Å²) in [6.07, 6.45) is -0.221. The van der Waals surface area contributed by atoms with Crippen LogP contribution in [0.5, 0.6) is 0 Å². The molecule has 62 valence electrons. The SMILES string of the molecule is COCCSCC(O)CBr. The highest BCUT2D eigenvalue weighted by molar-refractivity contribution is 9.09. The van der Waals surface area contributed by atoms with Crippen molar-refractivity contribution in [2.75, 3.05) is 30.6 Å². The van der Waals surface area contributed by atoms with Gasteiger partial charge in [0.2, 0.25) is 0 Å².